The van der Waals surface area contributed by atoms with Crippen LogP contribution >= 0.6 is 0 Å². The molecule has 6 heteroatoms. The average molecular weight is 240 g/mol. The molecule has 2 rings (SSSR count). The van der Waals surface area contributed by atoms with Crippen molar-refractivity contribution in [3.63, 3.8) is 0 Å². The number of carbonyl (C=O) groups excluding carboxylic acids is 3. The van der Waals surface area contributed by atoms with E-state index < -0.39 is 17.9 Å². The van der Waals surface area contributed by atoms with E-state index in [2.05, 4.69) is 0 Å². The molecule has 2 heterocycles. The molecule has 0 bridgehead atoms. The molecule has 6 nitrogen and oxygen atoms in total. The van der Waals surface area contributed by atoms with E-state index in [1.165, 1.54) is 9.80 Å². The first kappa shape index (κ1) is 12.0. The smallest absolute Gasteiger partial charge is 0.312 e. The van der Waals surface area contributed by atoms with Crippen molar-refractivity contribution in [1.29, 1.82) is 0 Å². The number of β-amino-alcohol motifs (C(OH)–C–C–N with tert-alkyl or cyclic N) is 1. The van der Waals surface area contributed by atoms with Gasteiger partial charge in [-0.15, -0.1) is 0 Å². The van der Waals surface area contributed by atoms with E-state index in [1.807, 2.05) is 0 Å². The van der Waals surface area contributed by atoms with E-state index in [1.54, 1.807) is 0 Å². The van der Waals surface area contributed by atoms with Gasteiger partial charge in [-0.1, -0.05) is 0 Å². The third kappa shape index (κ3) is 2.63. The highest BCUT2D eigenvalue weighted by atomic mass is 16.3. The molecule has 2 fully saturated rings. The van der Waals surface area contributed by atoms with Crippen molar-refractivity contribution in [3.8, 4) is 0 Å². The summed E-state index contributed by atoms with van der Waals surface area (Å²) in [5.74, 6) is -0.972. The van der Waals surface area contributed by atoms with Gasteiger partial charge >= 0.3 is 11.8 Å². The summed E-state index contributed by atoms with van der Waals surface area (Å²) in [4.78, 5) is 37.5. The van der Waals surface area contributed by atoms with Gasteiger partial charge in [0.05, 0.1) is 6.10 Å². The van der Waals surface area contributed by atoms with Crippen molar-refractivity contribution in [2.24, 2.45) is 0 Å². The van der Waals surface area contributed by atoms with E-state index in [9.17, 15) is 19.5 Å². The molecule has 0 aromatic rings. The van der Waals surface area contributed by atoms with Crippen LogP contribution in [0, 0.1) is 0 Å². The van der Waals surface area contributed by atoms with Gasteiger partial charge in [0, 0.05) is 39.0 Å². The third-order valence-electron chi connectivity index (χ3n) is 3.24. The van der Waals surface area contributed by atoms with Crippen LogP contribution in [0.5, 0.6) is 0 Å². The molecule has 0 saturated carbocycles. The van der Waals surface area contributed by atoms with Crippen LogP contribution in [0.4, 0.5) is 0 Å². The summed E-state index contributed by atoms with van der Waals surface area (Å²) < 4.78 is 0. The minimum Gasteiger partial charge on any atom is -0.391 e. The highest BCUT2D eigenvalue weighted by Crippen LogP contribution is 2.12. The number of carbonyl (C=O) groups is 3. The number of aliphatic hydroxyl groups excluding tert-OH is 1. The van der Waals surface area contributed by atoms with Crippen LogP contribution in [0.3, 0.4) is 0 Å². The molecule has 2 saturated heterocycles. The van der Waals surface area contributed by atoms with E-state index >= 15 is 0 Å². The van der Waals surface area contributed by atoms with Gasteiger partial charge in [-0.25, -0.2) is 0 Å². The van der Waals surface area contributed by atoms with Gasteiger partial charge in [-0.05, 0) is 6.42 Å². The van der Waals surface area contributed by atoms with Gasteiger partial charge in [0.25, 0.3) is 0 Å². The number of likely N-dealkylation sites (tertiary alicyclic amines) is 2. The fourth-order valence-electron chi connectivity index (χ4n) is 2.16. The number of hydrogen-bond donors (Lipinski definition) is 1. The second-order valence-electron chi connectivity index (χ2n) is 4.52. The zero-order valence-corrected chi connectivity index (χ0v) is 9.59. The van der Waals surface area contributed by atoms with Crippen molar-refractivity contribution in [2.75, 3.05) is 26.2 Å². The van der Waals surface area contributed by atoms with E-state index in [-0.39, 0.29) is 12.3 Å². The maximum atomic E-state index is 11.8. The Bertz CT molecular complexity index is 345. The van der Waals surface area contributed by atoms with Gasteiger partial charge in [0.15, 0.2) is 0 Å². The fraction of sp³-hybridized carbons (Fsp3) is 0.727. The summed E-state index contributed by atoms with van der Waals surface area (Å²) in [5, 5.41) is 9.31. The molecular weight excluding hydrogens is 224 g/mol. The fourth-order valence-corrected chi connectivity index (χ4v) is 2.16. The number of aliphatic hydroxyl groups is 1. The summed E-state index contributed by atoms with van der Waals surface area (Å²) in [6, 6.07) is 0. The van der Waals surface area contributed by atoms with Crippen molar-refractivity contribution in [3.05, 3.63) is 0 Å². The molecular formula is C11H16N2O4. The predicted octanol–water partition coefficient (Wildman–Crippen LogP) is -1.23. The highest BCUT2D eigenvalue weighted by molar-refractivity contribution is 6.35. The van der Waals surface area contributed by atoms with Gasteiger partial charge in [-0.3, -0.25) is 14.4 Å². The van der Waals surface area contributed by atoms with Crippen LogP contribution in [0.15, 0.2) is 0 Å². The standard InChI is InChI=1S/C11H16N2O4/c14-8-1-4-12(5-2-8)10(16)11(17)13-6-3-9(15)7-13/h9,15H,1-7H2/t9-/m0/s1. The number of piperidine rings is 1. The SMILES string of the molecule is O=C1CCN(C(=O)C(=O)N2CC[C@H](O)C2)CC1. The normalized spacial score (nSPS) is 25.2. The van der Waals surface area contributed by atoms with E-state index in [0.29, 0.717) is 38.9 Å². The molecule has 1 atom stereocenters. The minimum absolute atomic E-state index is 0.137. The highest BCUT2D eigenvalue weighted by Gasteiger charge is 2.33. The Labute approximate surface area is 99.2 Å². The second kappa shape index (κ2) is 4.83. The lowest BCUT2D eigenvalue weighted by molar-refractivity contribution is -0.152. The van der Waals surface area contributed by atoms with Crippen LogP contribution in [-0.2, 0) is 14.4 Å². The largest absolute Gasteiger partial charge is 0.391 e. The molecule has 0 radical (unpaired) electrons. The summed E-state index contributed by atoms with van der Waals surface area (Å²) in [6.07, 6.45) is 0.676. The van der Waals surface area contributed by atoms with Gasteiger partial charge in [0.2, 0.25) is 0 Å². The number of rotatable bonds is 0. The first-order valence-electron chi connectivity index (χ1n) is 5.86. The van der Waals surface area contributed by atoms with Gasteiger partial charge in [0.1, 0.15) is 5.78 Å². The monoisotopic (exact) mass is 240 g/mol. The number of hydrogen-bond acceptors (Lipinski definition) is 4. The lowest BCUT2D eigenvalue weighted by atomic mass is 10.1. The molecule has 2 aliphatic heterocycles. The minimum atomic E-state index is -0.559. The lowest BCUT2D eigenvalue weighted by Crippen LogP contribution is -2.47. The third-order valence-corrected chi connectivity index (χ3v) is 3.24. The zero-order valence-electron chi connectivity index (χ0n) is 9.59. The van der Waals surface area contributed by atoms with Crippen molar-refractivity contribution >= 4 is 17.6 Å². The molecule has 94 valence electrons. The Kier molecular flexibility index (Phi) is 3.42. The molecule has 0 spiro atoms. The molecule has 0 aromatic heterocycles. The molecule has 0 unspecified atom stereocenters. The average Bonchev–Trinajstić information content (AvgIpc) is 2.75. The maximum absolute atomic E-state index is 11.8. The van der Waals surface area contributed by atoms with Gasteiger partial charge < -0.3 is 14.9 Å². The second-order valence-corrected chi connectivity index (χ2v) is 4.52. The summed E-state index contributed by atoms with van der Waals surface area (Å²) in [7, 11) is 0. The van der Waals surface area contributed by atoms with Crippen molar-refractivity contribution in [1.82, 2.24) is 9.80 Å². The topological polar surface area (TPSA) is 77.9 Å². The van der Waals surface area contributed by atoms with Gasteiger partial charge in [-0.2, -0.15) is 0 Å². The molecule has 17 heavy (non-hydrogen) atoms. The zero-order chi connectivity index (χ0) is 12.4. The maximum Gasteiger partial charge on any atom is 0.312 e. The summed E-state index contributed by atoms with van der Waals surface area (Å²) in [5.41, 5.74) is 0. The Hall–Kier alpha value is -1.43. The summed E-state index contributed by atoms with van der Waals surface area (Å²) in [6.45, 7) is 1.33. The quantitative estimate of drug-likeness (QED) is 0.538. The number of Topliss-reactive ketones (excluding diaryl/α,β-unsaturated/α-hetero) is 1. The molecule has 1 N–H and O–H groups in total. The Morgan fingerprint density at radius 1 is 1.06 bits per heavy atom. The lowest BCUT2D eigenvalue weighted by Gasteiger charge is -2.27. The first-order chi connectivity index (χ1) is 8.08. The predicted molar refractivity (Wildman–Crippen MR) is 58.0 cm³/mol. The summed E-state index contributed by atoms with van der Waals surface area (Å²) >= 11 is 0. The van der Waals surface area contributed by atoms with Crippen LogP contribution in [0.25, 0.3) is 0 Å². The molecule has 0 aliphatic carbocycles. The van der Waals surface area contributed by atoms with E-state index in [4.69, 9.17) is 0 Å². The number of ketones is 1. The Morgan fingerprint density at radius 3 is 2.18 bits per heavy atom. The Balaban J connectivity index is 1.91. The van der Waals surface area contributed by atoms with E-state index in [0.717, 1.165) is 0 Å². The van der Waals surface area contributed by atoms with Crippen molar-refractivity contribution in [2.45, 2.75) is 25.4 Å². The first-order valence-corrected chi connectivity index (χ1v) is 5.86. The van der Waals surface area contributed by atoms with Crippen LogP contribution in [0.2, 0.25) is 0 Å². The van der Waals surface area contributed by atoms with Crippen LogP contribution in [-0.4, -0.2) is 64.8 Å². The Morgan fingerprint density at radius 2 is 1.65 bits per heavy atom. The molecule has 0 aromatic carbocycles. The van der Waals surface area contributed by atoms with Crippen LogP contribution in [0.1, 0.15) is 19.3 Å². The molecule has 2 amide bonds. The number of nitrogens with zero attached hydrogens (tertiary/aromatic N) is 2. The van der Waals surface area contributed by atoms with Crippen molar-refractivity contribution < 1.29 is 19.5 Å². The molecule has 2 aliphatic rings. The number of amides is 2. The van der Waals surface area contributed by atoms with Crippen LogP contribution < -0.4 is 0 Å².